The van der Waals surface area contributed by atoms with Crippen LogP contribution in [0.2, 0.25) is 15.1 Å². The number of nitrogens with one attached hydrogen (secondary N) is 2. The van der Waals surface area contributed by atoms with Gasteiger partial charge in [-0.3, -0.25) is 4.79 Å². The lowest BCUT2D eigenvalue weighted by Crippen LogP contribution is -2.45. The first-order valence-corrected chi connectivity index (χ1v) is 7.19. The molecule has 1 aromatic rings. The van der Waals surface area contributed by atoms with E-state index in [0.717, 1.165) is 0 Å². The van der Waals surface area contributed by atoms with Crippen molar-refractivity contribution in [2.75, 3.05) is 5.32 Å². The Morgan fingerprint density at radius 1 is 1.19 bits per heavy atom. The molecule has 0 aliphatic carbocycles. The van der Waals surface area contributed by atoms with Crippen LogP contribution in [0.25, 0.3) is 0 Å². The SMILES string of the molecule is CC(C)(CCC(=O)O)NC(=O)Nc1c(Cl)cc(Cl)cc1Cl. The molecule has 21 heavy (non-hydrogen) atoms. The Morgan fingerprint density at radius 2 is 1.71 bits per heavy atom. The van der Waals surface area contributed by atoms with Gasteiger partial charge in [0, 0.05) is 17.0 Å². The number of hydrogen-bond donors (Lipinski definition) is 3. The third-order valence-electron chi connectivity index (χ3n) is 2.66. The molecule has 0 fully saturated rings. The number of anilines is 1. The maximum Gasteiger partial charge on any atom is 0.319 e. The van der Waals surface area contributed by atoms with Gasteiger partial charge in [-0.25, -0.2) is 4.79 Å². The smallest absolute Gasteiger partial charge is 0.319 e. The van der Waals surface area contributed by atoms with E-state index >= 15 is 0 Å². The minimum Gasteiger partial charge on any atom is -0.481 e. The largest absolute Gasteiger partial charge is 0.481 e. The second kappa shape index (κ2) is 7.20. The van der Waals surface area contributed by atoms with Crippen molar-refractivity contribution in [2.24, 2.45) is 0 Å². The van der Waals surface area contributed by atoms with Crippen molar-refractivity contribution in [1.29, 1.82) is 0 Å². The molecule has 0 heterocycles. The first-order chi connectivity index (χ1) is 9.60. The number of halogens is 3. The molecule has 0 saturated heterocycles. The number of urea groups is 1. The number of rotatable bonds is 5. The normalized spacial score (nSPS) is 11.1. The van der Waals surface area contributed by atoms with E-state index in [4.69, 9.17) is 39.9 Å². The molecule has 1 aromatic carbocycles. The number of aliphatic carboxylic acids is 1. The summed E-state index contributed by atoms with van der Waals surface area (Å²) in [5.41, 5.74) is -0.442. The Hall–Kier alpha value is -1.17. The molecule has 0 radical (unpaired) electrons. The minimum atomic E-state index is -0.922. The van der Waals surface area contributed by atoms with E-state index in [2.05, 4.69) is 10.6 Å². The highest BCUT2D eigenvalue weighted by Crippen LogP contribution is 2.33. The Kier molecular flexibility index (Phi) is 6.13. The van der Waals surface area contributed by atoms with Crippen LogP contribution in [0.4, 0.5) is 10.5 Å². The molecular weight excluding hydrogens is 339 g/mol. The van der Waals surface area contributed by atoms with Crippen LogP contribution in [0.1, 0.15) is 26.7 Å². The van der Waals surface area contributed by atoms with Crippen LogP contribution in [0.3, 0.4) is 0 Å². The van der Waals surface area contributed by atoms with Crippen molar-refractivity contribution in [3.05, 3.63) is 27.2 Å². The Morgan fingerprint density at radius 3 is 2.19 bits per heavy atom. The van der Waals surface area contributed by atoms with Crippen molar-refractivity contribution in [3.63, 3.8) is 0 Å². The van der Waals surface area contributed by atoms with Crippen LogP contribution < -0.4 is 10.6 Å². The molecule has 0 aromatic heterocycles. The number of amides is 2. The summed E-state index contributed by atoms with van der Waals surface area (Å²) in [6.07, 6.45) is 0.244. The van der Waals surface area contributed by atoms with E-state index in [0.29, 0.717) is 5.02 Å². The van der Waals surface area contributed by atoms with Crippen LogP contribution in [0.5, 0.6) is 0 Å². The summed E-state index contributed by atoms with van der Waals surface area (Å²) in [4.78, 5) is 22.5. The van der Waals surface area contributed by atoms with Crippen LogP contribution in [-0.4, -0.2) is 22.6 Å². The van der Waals surface area contributed by atoms with Crippen LogP contribution in [0.15, 0.2) is 12.1 Å². The number of carbonyl (C=O) groups excluding carboxylic acids is 1. The summed E-state index contributed by atoms with van der Waals surface area (Å²) in [5, 5.41) is 14.7. The Bertz CT molecular complexity index is 539. The van der Waals surface area contributed by atoms with Gasteiger partial charge in [0.1, 0.15) is 0 Å². The van der Waals surface area contributed by atoms with E-state index in [9.17, 15) is 9.59 Å². The molecule has 0 spiro atoms. The topological polar surface area (TPSA) is 78.4 Å². The maximum atomic E-state index is 11.9. The van der Waals surface area contributed by atoms with Gasteiger partial charge in [0.2, 0.25) is 0 Å². The standard InChI is InChI=1S/C13H15Cl3N2O3/c1-13(2,4-3-10(19)20)18-12(21)17-11-8(15)5-7(14)6-9(11)16/h5-6H,3-4H2,1-2H3,(H,19,20)(H2,17,18,21). The van der Waals surface area contributed by atoms with Crippen molar-refractivity contribution in [2.45, 2.75) is 32.2 Å². The Balaban J connectivity index is 2.72. The van der Waals surface area contributed by atoms with Gasteiger partial charge in [-0.05, 0) is 32.4 Å². The van der Waals surface area contributed by atoms with Crippen molar-refractivity contribution in [3.8, 4) is 0 Å². The molecule has 0 atom stereocenters. The van der Waals surface area contributed by atoms with E-state index in [1.165, 1.54) is 12.1 Å². The number of carboxylic acid groups (broad SMARTS) is 1. The highest BCUT2D eigenvalue weighted by atomic mass is 35.5. The summed E-state index contributed by atoms with van der Waals surface area (Å²) >= 11 is 17.7. The van der Waals surface area contributed by atoms with Crippen molar-refractivity contribution >= 4 is 52.5 Å². The number of carbonyl (C=O) groups is 2. The van der Waals surface area contributed by atoms with E-state index in [1.807, 2.05) is 0 Å². The van der Waals surface area contributed by atoms with E-state index < -0.39 is 17.5 Å². The highest BCUT2D eigenvalue weighted by molar-refractivity contribution is 6.42. The second-order valence-electron chi connectivity index (χ2n) is 5.10. The van der Waals surface area contributed by atoms with Gasteiger partial charge in [-0.1, -0.05) is 34.8 Å². The van der Waals surface area contributed by atoms with Gasteiger partial charge < -0.3 is 15.7 Å². The minimum absolute atomic E-state index is 0.0459. The quantitative estimate of drug-likeness (QED) is 0.733. The lowest BCUT2D eigenvalue weighted by molar-refractivity contribution is -0.137. The molecular formula is C13H15Cl3N2O3. The highest BCUT2D eigenvalue weighted by Gasteiger charge is 2.22. The molecule has 8 heteroatoms. The summed E-state index contributed by atoms with van der Waals surface area (Å²) in [6.45, 7) is 3.45. The summed E-state index contributed by atoms with van der Waals surface area (Å²) in [6, 6.07) is 2.39. The van der Waals surface area contributed by atoms with Crippen LogP contribution in [0, 0.1) is 0 Å². The molecule has 0 aliphatic heterocycles. The van der Waals surface area contributed by atoms with Crippen molar-refractivity contribution in [1.82, 2.24) is 5.32 Å². The van der Waals surface area contributed by atoms with Gasteiger partial charge in [0.25, 0.3) is 0 Å². The second-order valence-corrected chi connectivity index (χ2v) is 6.35. The number of benzene rings is 1. The van der Waals surface area contributed by atoms with E-state index in [1.54, 1.807) is 13.8 Å². The first-order valence-electron chi connectivity index (χ1n) is 6.06. The summed E-state index contributed by atoms with van der Waals surface area (Å²) in [5.74, 6) is -0.922. The third-order valence-corrected chi connectivity index (χ3v) is 3.48. The average Bonchev–Trinajstić information content (AvgIpc) is 2.31. The predicted octanol–water partition coefficient (Wildman–Crippen LogP) is 4.41. The van der Waals surface area contributed by atoms with Gasteiger partial charge in [0.05, 0.1) is 15.7 Å². The molecule has 116 valence electrons. The zero-order valence-corrected chi connectivity index (χ0v) is 13.7. The van der Waals surface area contributed by atoms with Gasteiger partial charge >= 0.3 is 12.0 Å². The predicted molar refractivity (Wildman–Crippen MR) is 84.6 cm³/mol. The Labute approximate surface area is 137 Å². The van der Waals surface area contributed by atoms with E-state index in [-0.39, 0.29) is 28.6 Å². The zero-order chi connectivity index (χ0) is 16.2. The summed E-state index contributed by atoms with van der Waals surface area (Å²) in [7, 11) is 0. The summed E-state index contributed by atoms with van der Waals surface area (Å²) < 4.78 is 0. The lowest BCUT2D eigenvalue weighted by Gasteiger charge is -2.26. The van der Waals surface area contributed by atoms with Crippen LogP contribution >= 0.6 is 34.8 Å². The molecule has 1 rings (SSSR count). The molecule has 0 unspecified atom stereocenters. The molecule has 3 N–H and O–H groups in total. The average molecular weight is 354 g/mol. The van der Waals surface area contributed by atoms with Gasteiger partial charge in [-0.15, -0.1) is 0 Å². The lowest BCUT2D eigenvalue weighted by atomic mass is 9.99. The fourth-order valence-electron chi connectivity index (χ4n) is 1.60. The molecule has 5 nitrogen and oxygen atoms in total. The third kappa shape index (κ3) is 5.99. The number of hydrogen-bond acceptors (Lipinski definition) is 2. The maximum absolute atomic E-state index is 11.9. The molecule has 0 saturated carbocycles. The van der Waals surface area contributed by atoms with Crippen LogP contribution in [-0.2, 0) is 4.79 Å². The monoisotopic (exact) mass is 352 g/mol. The molecule has 0 bridgehead atoms. The fourth-order valence-corrected chi connectivity index (χ4v) is 2.51. The fraction of sp³-hybridized carbons (Fsp3) is 0.385. The first kappa shape index (κ1) is 17.9. The van der Waals surface area contributed by atoms with Gasteiger partial charge in [-0.2, -0.15) is 0 Å². The number of carboxylic acids is 1. The van der Waals surface area contributed by atoms with Crippen molar-refractivity contribution < 1.29 is 14.7 Å². The van der Waals surface area contributed by atoms with Gasteiger partial charge in [0.15, 0.2) is 0 Å². The molecule has 2 amide bonds. The molecule has 0 aliphatic rings. The zero-order valence-electron chi connectivity index (χ0n) is 11.5.